The Morgan fingerprint density at radius 1 is 0.500 bits per heavy atom. The standard InChI is InChI=1S/C48H32N4O8/c1-27(53)28-10-20-39-41(23-28)47(57)51(45(39)55)34-14-18-36(19-15-34)60-43-26-37(22-29-6-3-4-9-38(29)43)59-35-16-12-33(13-17-35)52-46(56)40-21-11-30(24-42(40)48(52)58)44(54)50-32-8-5-7-31(25-32)49-2/h3-26,49H,1-2H3,(H,50,54). The lowest BCUT2D eigenvalue weighted by atomic mass is 10.0. The average molecular weight is 793 g/mol. The Labute approximate surface area is 342 Å². The van der Waals surface area contributed by atoms with Crippen molar-refractivity contribution in [1.29, 1.82) is 0 Å². The number of nitrogens with zero attached hydrogens (tertiary/aromatic N) is 2. The summed E-state index contributed by atoms with van der Waals surface area (Å²) in [5.74, 6) is -0.865. The highest BCUT2D eigenvalue weighted by atomic mass is 16.5. The van der Waals surface area contributed by atoms with Crippen molar-refractivity contribution in [2.75, 3.05) is 27.5 Å². The number of rotatable bonds is 10. The first kappa shape index (κ1) is 37.2. The maximum Gasteiger partial charge on any atom is 0.266 e. The Hall–Kier alpha value is -8.38. The van der Waals surface area contributed by atoms with E-state index < -0.39 is 29.5 Å². The van der Waals surface area contributed by atoms with Crippen LogP contribution in [0.25, 0.3) is 10.8 Å². The number of Topliss-reactive ketones (excluding diaryl/α,β-unsaturated/α-hetero) is 1. The molecule has 292 valence electrons. The van der Waals surface area contributed by atoms with E-state index in [0.29, 0.717) is 45.6 Å². The van der Waals surface area contributed by atoms with Crippen molar-refractivity contribution in [2.45, 2.75) is 6.92 Å². The Kier molecular flexibility index (Phi) is 9.21. The van der Waals surface area contributed by atoms with Crippen LogP contribution in [0.1, 0.15) is 69.1 Å². The van der Waals surface area contributed by atoms with Crippen molar-refractivity contribution in [3.63, 3.8) is 0 Å². The highest BCUT2D eigenvalue weighted by molar-refractivity contribution is 6.35. The summed E-state index contributed by atoms with van der Waals surface area (Å²) in [4.78, 5) is 80.5. The van der Waals surface area contributed by atoms with Crippen LogP contribution in [0.2, 0.25) is 0 Å². The van der Waals surface area contributed by atoms with Gasteiger partial charge >= 0.3 is 0 Å². The van der Waals surface area contributed by atoms with E-state index in [1.165, 1.54) is 43.3 Å². The van der Waals surface area contributed by atoms with E-state index in [-0.39, 0.29) is 33.6 Å². The zero-order valence-corrected chi connectivity index (χ0v) is 32.0. The topological polar surface area (TPSA) is 151 Å². The predicted molar refractivity (Wildman–Crippen MR) is 226 cm³/mol. The minimum atomic E-state index is -0.549. The number of hydrogen-bond donors (Lipinski definition) is 2. The van der Waals surface area contributed by atoms with E-state index in [9.17, 15) is 28.8 Å². The Morgan fingerprint density at radius 3 is 1.67 bits per heavy atom. The number of ketones is 1. The second-order valence-corrected chi connectivity index (χ2v) is 14.1. The molecule has 5 amide bonds. The molecule has 2 heterocycles. The summed E-state index contributed by atoms with van der Waals surface area (Å²) in [5.41, 5.74) is 3.40. The second kappa shape index (κ2) is 14.8. The largest absolute Gasteiger partial charge is 0.457 e. The van der Waals surface area contributed by atoms with Gasteiger partial charge in [-0.1, -0.05) is 36.4 Å². The molecule has 0 saturated heterocycles. The quantitative estimate of drug-likeness (QED) is 0.102. The van der Waals surface area contributed by atoms with Crippen LogP contribution in [0.3, 0.4) is 0 Å². The van der Waals surface area contributed by atoms with Crippen LogP contribution >= 0.6 is 0 Å². The van der Waals surface area contributed by atoms with Gasteiger partial charge in [-0.3, -0.25) is 28.8 Å². The van der Waals surface area contributed by atoms with E-state index in [0.717, 1.165) is 26.3 Å². The van der Waals surface area contributed by atoms with E-state index in [1.807, 2.05) is 36.4 Å². The highest BCUT2D eigenvalue weighted by Gasteiger charge is 2.38. The normalized spacial score (nSPS) is 13.0. The fourth-order valence-electron chi connectivity index (χ4n) is 7.25. The molecular weight excluding hydrogens is 761 g/mol. The van der Waals surface area contributed by atoms with Gasteiger partial charge in [0.25, 0.3) is 29.5 Å². The summed E-state index contributed by atoms with van der Waals surface area (Å²) >= 11 is 0. The molecule has 0 atom stereocenters. The number of amides is 5. The van der Waals surface area contributed by atoms with Gasteiger partial charge in [-0.2, -0.15) is 0 Å². The van der Waals surface area contributed by atoms with Crippen LogP contribution in [0, 0.1) is 0 Å². The van der Waals surface area contributed by atoms with Crippen molar-refractivity contribution in [3.8, 4) is 23.0 Å². The monoisotopic (exact) mass is 792 g/mol. The molecule has 7 aromatic carbocycles. The first-order valence-electron chi connectivity index (χ1n) is 18.8. The van der Waals surface area contributed by atoms with Gasteiger partial charge in [0, 0.05) is 41.0 Å². The van der Waals surface area contributed by atoms with Crippen LogP contribution < -0.4 is 29.9 Å². The zero-order valence-electron chi connectivity index (χ0n) is 32.0. The van der Waals surface area contributed by atoms with E-state index >= 15 is 0 Å². The number of benzene rings is 7. The number of imide groups is 2. The van der Waals surface area contributed by atoms with E-state index in [4.69, 9.17) is 9.47 Å². The first-order chi connectivity index (χ1) is 29.1. The highest BCUT2D eigenvalue weighted by Crippen LogP contribution is 2.38. The molecule has 2 aliphatic heterocycles. The summed E-state index contributed by atoms with van der Waals surface area (Å²) in [7, 11) is 1.78. The number of fused-ring (bicyclic) bond motifs is 3. The molecule has 12 nitrogen and oxygen atoms in total. The molecule has 0 aromatic heterocycles. The van der Waals surface area contributed by atoms with Crippen molar-refractivity contribution in [2.24, 2.45) is 0 Å². The van der Waals surface area contributed by atoms with Crippen molar-refractivity contribution < 1.29 is 38.2 Å². The van der Waals surface area contributed by atoms with Gasteiger partial charge in [0.2, 0.25) is 0 Å². The molecule has 0 aliphatic carbocycles. The number of anilines is 4. The molecule has 60 heavy (non-hydrogen) atoms. The first-order valence-corrected chi connectivity index (χ1v) is 18.8. The minimum Gasteiger partial charge on any atom is -0.457 e. The Balaban J connectivity index is 0.905. The second-order valence-electron chi connectivity index (χ2n) is 14.1. The molecule has 7 aromatic rings. The van der Waals surface area contributed by atoms with Gasteiger partial charge in [0.1, 0.15) is 23.0 Å². The average Bonchev–Trinajstić information content (AvgIpc) is 3.67. The third-order valence-corrected chi connectivity index (χ3v) is 10.3. The molecule has 2 N–H and O–H groups in total. The Bertz CT molecular complexity index is 2980. The zero-order chi connectivity index (χ0) is 41.7. The smallest absolute Gasteiger partial charge is 0.266 e. The number of ether oxygens (including phenoxy) is 2. The summed E-state index contributed by atoms with van der Waals surface area (Å²) in [5, 5.41) is 7.48. The molecule has 2 aliphatic rings. The third kappa shape index (κ3) is 6.67. The van der Waals surface area contributed by atoms with Crippen molar-refractivity contribution in [3.05, 3.63) is 179 Å². The number of carbonyl (C=O) groups excluding carboxylic acids is 6. The van der Waals surface area contributed by atoms with Crippen LogP contribution in [0.4, 0.5) is 22.7 Å². The van der Waals surface area contributed by atoms with E-state index in [2.05, 4.69) is 10.6 Å². The molecule has 12 heteroatoms. The van der Waals surface area contributed by atoms with Gasteiger partial charge in [0.05, 0.1) is 33.6 Å². The molecule has 0 radical (unpaired) electrons. The Morgan fingerprint density at radius 2 is 1.05 bits per heavy atom. The van der Waals surface area contributed by atoms with Gasteiger partial charge in [-0.25, -0.2) is 9.80 Å². The third-order valence-electron chi connectivity index (χ3n) is 10.3. The maximum absolute atomic E-state index is 13.6. The molecule has 0 fully saturated rings. The number of carbonyl (C=O) groups is 6. The summed E-state index contributed by atoms with van der Waals surface area (Å²) < 4.78 is 12.6. The summed E-state index contributed by atoms with van der Waals surface area (Å²) in [6.45, 7) is 1.40. The van der Waals surface area contributed by atoms with Gasteiger partial charge < -0.3 is 20.1 Å². The van der Waals surface area contributed by atoms with Gasteiger partial charge in [-0.05, 0) is 115 Å². The molecule has 9 rings (SSSR count). The maximum atomic E-state index is 13.6. The minimum absolute atomic E-state index is 0.128. The molecular formula is C48H32N4O8. The SMILES string of the molecule is CNc1cccc(NC(=O)c2ccc3c(c2)C(=O)N(c2ccc(Oc4cc(Oc5ccc(N6C(=O)c7ccc(C(C)=O)cc7C6=O)cc5)c5ccccc5c4)cc2)C3=O)c1. The van der Waals surface area contributed by atoms with Gasteiger partial charge in [-0.15, -0.1) is 0 Å². The summed E-state index contributed by atoms with van der Waals surface area (Å²) in [6, 6.07) is 40.3. The molecule has 0 unspecified atom stereocenters. The fourth-order valence-corrected chi connectivity index (χ4v) is 7.25. The van der Waals surface area contributed by atoms with Crippen LogP contribution in [-0.4, -0.2) is 42.4 Å². The fraction of sp³-hybridized carbons (Fsp3) is 0.0417. The van der Waals surface area contributed by atoms with Gasteiger partial charge in [0.15, 0.2) is 5.78 Å². The van der Waals surface area contributed by atoms with E-state index in [1.54, 1.807) is 79.8 Å². The van der Waals surface area contributed by atoms with Crippen molar-refractivity contribution >= 4 is 68.8 Å². The number of nitrogens with one attached hydrogen (secondary N) is 2. The van der Waals surface area contributed by atoms with Crippen LogP contribution in [0.5, 0.6) is 23.0 Å². The predicted octanol–water partition coefficient (Wildman–Crippen LogP) is 9.52. The van der Waals surface area contributed by atoms with Crippen molar-refractivity contribution in [1.82, 2.24) is 0 Å². The lowest BCUT2D eigenvalue weighted by molar-refractivity contribution is 0.0910. The van der Waals surface area contributed by atoms with Crippen LogP contribution in [0.15, 0.2) is 146 Å². The molecule has 0 saturated carbocycles. The number of hydrogen-bond acceptors (Lipinski definition) is 9. The summed E-state index contributed by atoms with van der Waals surface area (Å²) in [6.07, 6.45) is 0. The molecule has 0 spiro atoms. The lowest BCUT2D eigenvalue weighted by Gasteiger charge is -2.16. The molecule has 0 bridgehead atoms. The van der Waals surface area contributed by atoms with Crippen LogP contribution in [-0.2, 0) is 0 Å². The lowest BCUT2D eigenvalue weighted by Crippen LogP contribution is -2.29.